The van der Waals surface area contributed by atoms with Gasteiger partial charge in [0.25, 0.3) is 5.69 Å². The van der Waals surface area contributed by atoms with E-state index in [1.54, 1.807) is 12.1 Å². The summed E-state index contributed by atoms with van der Waals surface area (Å²) < 4.78 is 4.88. The highest BCUT2D eigenvalue weighted by atomic mass is 16.6. The SMILES string of the molecule is NC(=O)OC[C@H]1CC[C@@H](C(=O)C2CCC(c3ccc([N+](=O)[O-])cc3)CC2)CC1. The number of primary amides is 1. The van der Waals surface area contributed by atoms with E-state index in [1.807, 2.05) is 12.1 Å². The van der Waals surface area contributed by atoms with E-state index < -0.39 is 6.09 Å². The maximum atomic E-state index is 12.9. The fraction of sp³-hybridized carbons (Fsp3) is 0.619. The normalized spacial score (nSPS) is 27.7. The van der Waals surface area contributed by atoms with Crippen molar-refractivity contribution in [3.8, 4) is 0 Å². The summed E-state index contributed by atoms with van der Waals surface area (Å²) in [4.78, 5) is 34.0. The second-order valence-electron chi connectivity index (χ2n) is 8.15. The van der Waals surface area contributed by atoms with Crippen molar-refractivity contribution in [2.24, 2.45) is 23.5 Å². The second-order valence-corrected chi connectivity index (χ2v) is 8.15. The zero-order valence-corrected chi connectivity index (χ0v) is 16.0. The molecule has 0 aromatic heterocycles. The Bertz CT molecular complexity index is 702. The van der Waals surface area contributed by atoms with Gasteiger partial charge in [-0.15, -0.1) is 0 Å². The number of ether oxygens (including phenoxy) is 1. The van der Waals surface area contributed by atoms with Crippen LogP contribution in [0.1, 0.15) is 62.8 Å². The number of carbonyl (C=O) groups excluding carboxylic acids is 2. The first-order chi connectivity index (χ1) is 13.4. The Balaban J connectivity index is 1.45. The first-order valence-corrected chi connectivity index (χ1v) is 10.1. The monoisotopic (exact) mass is 388 g/mol. The van der Waals surface area contributed by atoms with Gasteiger partial charge < -0.3 is 10.5 Å². The second kappa shape index (κ2) is 9.17. The third kappa shape index (κ3) is 5.09. The summed E-state index contributed by atoms with van der Waals surface area (Å²) >= 11 is 0. The highest BCUT2D eigenvalue weighted by molar-refractivity contribution is 5.83. The van der Waals surface area contributed by atoms with E-state index in [-0.39, 0.29) is 22.4 Å². The van der Waals surface area contributed by atoms with Crippen molar-refractivity contribution in [1.82, 2.24) is 0 Å². The van der Waals surface area contributed by atoms with Gasteiger partial charge in [0.15, 0.2) is 0 Å². The van der Waals surface area contributed by atoms with Crippen molar-refractivity contribution < 1.29 is 19.2 Å². The van der Waals surface area contributed by atoms with Crippen LogP contribution in [0, 0.1) is 27.9 Å². The Morgan fingerprint density at radius 3 is 2.00 bits per heavy atom. The maximum Gasteiger partial charge on any atom is 0.404 e. The first-order valence-electron chi connectivity index (χ1n) is 10.1. The molecule has 152 valence electrons. The summed E-state index contributed by atoms with van der Waals surface area (Å²) in [7, 11) is 0. The van der Waals surface area contributed by atoms with Crippen LogP contribution in [0.25, 0.3) is 0 Å². The minimum absolute atomic E-state index is 0.115. The molecule has 1 aromatic carbocycles. The molecule has 1 aromatic rings. The van der Waals surface area contributed by atoms with Gasteiger partial charge in [-0.3, -0.25) is 14.9 Å². The molecule has 2 N–H and O–H groups in total. The molecular formula is C21H28N2O5. The van der Waals surface area contributed by atoms with Gasteiger partial charge in [0.2, 0.25) is 0 Å². The number of non-ortho nitro benzene ring substituents is 1. The van der Waals surface area contributed by atoms with Crippen molar-refractivity contribution in [2.75, 3.05) is 6.61 Å². The molecule has 28 heavy (non-hydrogen) atoms. The molecule has 7 nitrogen and oxygen atoms in total. The Morgan fingerprint density at radius 1 is 0.964 bits per heavy atom. The van der Waals surface area contributed by atoms with Gasteiger partial charge >= 0.3 is 6.09 Å². The van der Waals surface area contributed by atoms with Gasteiger partial charge in [0, 0.05) is 24.0 Å². The quantitative estimate of drug-likeness (QED) is 0.575. The summed E-state index contributed by atoms with van der Waals surface area (Å²) in [6, 6.07) is 6.82. The molecule has 2 saturated carbocycles. The van der Waals surface area contributed by atoms with Crippen LogP contribution in [0.15, 0.2) is 24.3 Å². The number of carbonyl (C=O) groups is 2. The molecule has 0 aliphatic heterocycles. The molecule has 0 atom stereocenters. The number of hydrogen-bond acceptors (Lipinski definition) is 5. The van der Waals surface area contributed by atoms with Crippen LogP contribution in [0.3, 0.4) is 0 Å². The lowest BCUT2D eigenvalue weighted by atomic mass is 9.71. The van der Waals surface area contributed by atoms with Crippen molar-refractivity contribution in [3.05, 3.63) is 39.9 Å². The number of ketones is 1. The fourth-order valence-corrected chi connectivity index (χ4v) is 4.73. The van der Waals surface area contributed by atoms with Gasteiger partial charge in [-0.2, -0.15) is 0 Å². The molecule has 2 fully saturated rings. The molecule has 1 amide bonds. The maximum absolute atomic E-state index is 12.9. The minimum Gasteiger partial charge on any atom is -0.449 e. The molecule has 2 aliphatic rings. The minimum atomic E-state index is -0.733. The van der Waals surface area contributed by atoms with Gasteiger partial charge in [0.1, 0.15) is 5.78 Å². The Morgan fingerprint density at radius 2 is 1.50 bits per heavy atom. The third-order valence-electron chi connectivity index (χ3n) is 6.42. The first kappa shape index (κ1) is 20.3. The molecule has 2 aliphatic carbocycles. The standard InChI is InChI=1S/C21H28N2O5/c22-21(25)28-13-14-1-3-17(4-2-14)20(24)18-7-5-15(6-8-18)16-9-11-19(12-10-16)23(26)27/h9-12,14-15,17-18H,1-8,13H2,(H2,22,25)/t14-,15?,17+,18?. The Labute approximate surface area is 164 Å². The predicted octanol–water partition coefficient (Wildman–Crippen LogP) is 4.34. The number of nitrogens with zero attached hydrogens (tertiary/aromatic N) is 1. The lowest BCUT2D eigenvalue weighted by Gasteiger charge is -2.33. The molecule has 0 spiro atoms. The highest BCUT2D eigenvalue weighted by Crippen LogP contribution is 2.40. The van der Waals surface area contributed by atoms with E-state index in [4.69, 9.17) is 10.5 Å². The van der Waals surface area contributed by atoms with E-state index in [9.17, 15) is 19.7 Å². The Hall–Kier alpha value is -2.44. The van der Waals surface area contributed by atoms with E-state index >= 15 is 0 Å². The zero-order valence-electron chi connectivity index (χ0n) is 16.0. The number of amides is 1. The van der Waals surface area contributed by atoms with E-state index in [2.05, 4.69) is 0 Å². The number of nitrogens with two attached hydrogens (primary N) is 1. The molecule has 3 rings (SSSR count). The molecule has 7 heteroatoms. The van der Waals surface area contributed by atoms with Crippen LogP contribution >= 0.6 is 0 Å². The van der Waals surface area contributed by atoms with Crippen LogP contribution in [-0.2, 0) is 9.53 Å². The molecular weight excluding hydrogens is 360 g/mol. The molecule has 0 heterocycles. The van der Waals surface area contributed by atoms with E-state index in [0.29, 0.717) is 24.2 Å². The van der Waals surface area contributed by atoms with Gasteiger partial charge in [-0.05, 0) is 68.8 Å². The van der Waals surface area contributed by atoms with Crippen LogP contribution < -0.4 is 5.73 Å². The van der Waals surface area contributed by atoms with Crippen molar-refractivity contribution in [3.63, 3.8) is 0 Å². The largest absolute Gasteiger partial charge is 0.449 e. The van der Waals surface area contributed by atoms with Crippen LogP contribution in [0.2, 0.25) is 0 Å². The van der Waals surface area contributed by atoms with E-state index in [0.717, 1.165) is 56.9 Å². The topological polar surface area (TPSA) is 113 Å². The number of benzene rings is 1. The van der Waals surface area contributed by atoms with Gasteiger partial charge in [-0.25, -0.2) is 4.79 Å². The number of hydrogen-bond donors (Lipinski definition) is 1. The molecule has 0 radical (unpaired) electrons. The van der Waals surface area contributed by atoms with Crippen molar-refractivity contribution in [2.45, 2.75) is 57.3 Å². The van der Waals surface area contributed by atoms with Crippen molar-refractivity contribution in [1.29, 1.82) is 0 Å². The third-order valence-corrected chi connectivity index (χ3v) is 6.42. The number of nitro groups is 1. The number of rotatable bonds is 6. The van der Waals surface area contributed by atoms with Gasteiger partial charge in [0.05, 0.1) is 11.5 Å². The smallest absolute Gasteiger partial charge is 0.404 e. The van der Waals surface area contributed by atoms with Gasteiger partial charge in [-0.1, -0.05) is 12.1 Å². The van der Waals surface area contributed by atoms with Crippen LogP contribution in [-0.4, -0.2) is 23.4 Å². The van der Waals surface area contributed by atoms with Crippen molar-refractivity contribution >= 4 is 17.6 Å². The zero-order chi connectivity index (χ0) is 20.1. The molecule has 0 bridgehead atoms. The summed E-state index contributed by atoms with van der Waals surface area (Å²) in [5.74, 6) is 1.36. The van der Waals surface area contributed by atoms with E-state index in [1.165, 1.54) is 0 Å². The average Bonchev–Trinajstić information content (AvgIpc) is 2.72. The van der Waals surface area contributed by atoms with Crippen LogP contribution in [0.4, 0.5) is 10.5 Å². The fourth-order valence-electron chi connectivity index (χ4n) is 4.73. The lowest BCUT2D eigenvalue weighted by Crippen LogP contribution is -2.31. The highest BCUT2D eigenvalue weighted by Gasteiger charge is 2.33. The Kier molecular flexibility index (Phi) is 6.65. The summed E-state index contributed by atoms with van der Waals surface area (Å²) in [6.45, 7) is 0.358. The average molecular weight is 388 g/mol. The lowest BCUT2D eigenvalue weighted by molar-refractivity contribution is -0.384. The number of nitro benzene ring substituents is 1. The summed E-state index contributed by atoms with van der Waals surface area (Å²) in [6.07, 6.45) is 6.51. The molecule has 0 unspecified atom stereocenters. The number of Topliss-reactive ketones (excluding diaryl/α,β-unsaturated/α-hetero) is 1. The predicted molar refractivity (Wildman–Crippen MR) is 104 cm³/mol. The van der Waals surface area contributed by atoms with Crippen LogP contribution in [0.5, 0.6) is 0 Å². The summed E-state index contributed by atoms with van der Waals surface area (Å²) in [5.41, 5.74) is 6.26. The molecule has 0 saturated heterocycles. The summed E-state index contributed by atoms with van der Waals surface area (Å²) in [5, 5.41) is 10.8.